The van der Waals surface area contributed by atoms with Crippen LogP contribution < -0.4 is 4.74 Å². The summed E-state index contributed by atoms with van der Waals surface area (Å²) in [5.41, 5.74) is 1.94. The molecule has 1 aliphatic heterocycles. The molecular formula is C27H31FN2O2S. The lowest BCUT2D eigenvalue weighted by Crippen LogP contribution is -2.47. The van der Waals surface area contributed by atoms with Gasteiger partial charge in [-0.15, -0.1) is 11.3 Å². The number of likely N-dealkylation sites (N-methyl/N-ethyl adjacent to an activating group) is 1. The Morgan fingerprint density at radius 1 is 1.12 bits per heavy atom. The molecule has 174 valence electrons. The fourth-order valence-electron chi connectivity index (χ4n) is 4.72. The average molecular weight is 467 g/mol. The first kappa shape index (κ1) is 23.5. The number of methoxy groups -OCH3 is 1. The number of piperidine rings is 1. The van der Waals surface area contributed by atoms with Crippen molar-refractivity contribution in [3.63, 3.8) is 0 Å². The average Bonchev–Trinajstić information content (AvgIpc) is 3.39. The van der Waals surface area contributed by atoms with Crippen LogP contribution in [-0.2, 0) is 13.0 Å². The Bertz CT molecular complexity index is 1030. The topological polar surface area (TPSA) is 32.8 Å². The summed E-state index contributed by atoms with van der Waals surface area (Å²) in [4.78, 5) is 18.2. The number of likely N-dealkylation sites (tertiary alicyclic amines) is 1. The van der Waals surface area contributed by atoms with Gasteiger partial charge in [-0.1, -0.05) is 36.4 Å². The van der Waals surface area contributed by atoms with Crippen LogP contribution in [0.5, 0.6) is 5.75 Å². The van der Waals surface area contributed by atoms with E-state index in [0.717, 1.165) is 43.1 Å². The van der Waals surface area contributed by atoms with Crippen LogP contribution in [0.15, 0.2) is 66.0 Å². The lowest BCUT2D eigenvalue weighted by atomic mass is 9.84. The molecule has 1 saturated heterocycles. The molecule has 4 nitrogen and oxygen atoms in total. The minimum absolute atomic E-state index is 0.0204. The Morgan fingerprint density at radius 3 is 2.48 bits per heavy atom. The maximum absolute atomic E-state index is 14.5. The third kappa shape index (κ3) is 5.81. The van der Waals surface area contributed by atoms with E-state index >= 15 is 0 Å². The number of carbonyl (C=O) groups excluding carboxylic acids is 1. The predicted molar refractivity (Wildman–Crippen MR) is 131 cm³/mol. The van der Waals surface area contributed by atoms with E-state index in [4.69, 9.17) is 4.74 Å². The number of rotatable bonds is 8. The third-order valence-electron chi connectivity index (χ3n) is 6.68. The van der Waals surface area contributed by atoms with Crippen LogP contribution in [0.4, 0.5) is 4.39 Å². The molecule has 0 N–H and O–H groups in total. The zero-order chi connectivity index (χ0) is 23.2. The van der Waals surface area contributed by atoms with Crippen molar-refractivity contribution in [1.29, 1.82) is 0 Å². The first-order chi connectivity index (χ1) is 16.0. The SMILES string of the molecule is COc1ccc(CN2CCC([C@H](Cc3ccccc3F)N(C)C(=O)c3cccs3)CC2)cc1. The van der Waals surface area contributed by atoms with E-state index in [0.29, 0.717) is 17.9 Å². The molecule has 1 atom stereocenters. The number of halogens is 1. The number of amides is 1. The molecule has 0 radical (unpaired) electrons. The normalized spacial score (nSPS) is 15.8. The monoisotopic (exact) mass is 466 g/mol. The van der Waals surface area contributed by atoms with Crippen LogP contribution in [0, 0.1) is 11.7 Å². The second kappa shape index (κ2) is 10.9. The van der Waals surface area contributed by atoms with Crippen molar-refractivity contribution in [2.24, 2.45) is 5.92 Å². The number of carbonyl (C=O) groups is 1. The lowest BCUT2D eigenvalue weighted by molar-refractivity contribution is 0.0588. The van der Waals surface area contributed by atoms with Gasteiger partial charge in [0.05, 0.1) is 12.0 Å². The van der Waals surface area contributed by atoms with Crippen molar-refractivity contribution in [3.8, 4) is 5.75 Å². The van der Waals surface area contributed by atoms with Crippen LogP contribution >= 0.6 is 11.3 Å². The second-order valence-electron chi connectivity index (χ2n) is 8.72. The summed E-state index contributed by atoms with van der Waals surface area (Å²) in [6.45, 7) is 2.83. The van der Waals surface area contributed by atoms with E-state index in [-0.39, 0.29) is 17.8 Å². The number of hydrogen-bond donors (Lipinski definition) is 0. The van der Waals surface area contributed by atoms with Gasteiger partial charge in [0.15, 0.2) is 0 Å². The molecule has 1 aliphatic rings. The Morgan fingerprint density at radius 2 is 1.85 bits per heavy atom. The zero-order valence-corrected chi connectivity index (χ0v) is 20.1. The molecule has 0 spiro atoms. The maximum atomic E-state index is 14.5. The van der Waals surface area contributed by atoms with Gasteiger partial charge in [-0.2, -0.15) is 0 Å². The van der Waals surface area contributed by atoms with Gasteiger partial charge < -0.3 is 9.64 Å². The van der Waals surface area contributed by atoms with Gasteiger partial charge in [-0.3, -0.25) is 9.69 Å². The molecule has 4 rings (SSSR count). The molecule has 0 bridgehead atoms. The number of nitrogens with zero attached hydrogens (tertiary/aromatic N) is 2. The van der Waals surface area contributed by atoms with E-state index in [9.17, 15) is 9.18 Å². The van der Waals surface area contributed by atoms with Crippen LogP contribution in [0.3, 0.4) is 0 Å². The molecule has 33 heavy (non-hydrogen) atoms. The van der Waals surface area contributed by atoms with Gasteiger partial charge in [-0.05, 0) is 79.0 Å². The number of benzene rings is 2. The Labute approximate surface area is 199 Å². The molecule has 6 heteroatoms. The van der Waals surface area contributed by atoms with E-state index < -0.39 is 0 Å². The minimum atomic E-state index is -0.198. The largest absolute Gasteiger partial charge is 0.497 e. The van der Waals surface area contributed by atoms with Gasteiger partial charge in [0.2, 0.25) is 0 Å². The molecular weight excluding hydrogens is 435 g/mol. The molecule has 1 aromatic heterocycles. The fraction of sp³-hybridized carbons (Fsp3) is 0.370. The van der Waals surface area contributed by atoms with E-state index in [2.05, 4.69) is 17.0 Å². The van der Waals surface area contributed by atoms with Gasteiger partial charge in [-0.25, -0.2) is 4.39 Å². The number of hydrogen-bond acceptors (Lipinski definition) is 4. The Hall–Kier alpha value is -2.70. The summed E-state index contributed by atoms with van der Waals surface area (Å²) in [7, 11) is 3.55. The van der Waals surface area contributed by atoms with Gasteiger partial charge in [0.1, 0.15) is 11.6 Å². The van der Waals surface area contributed by atoms with Crippen molar-refractivity contribution in [2.45, 2.75) is 31.8 Å². The van der Waals surface area contributed by atoms with Gasteiger partial charge in [0.25, 0.3) is 5.91 Å². The summed E-state index contributed by atoms with van der Waals surface area (Å²) in [6.07, 6.45) is 2.50. The first-order valence-electron chi connectivity index (χ1n) is 11.4. The minimum Gasteiger partial charge on any atom is -0.497 e. The van der Waals surface area contributed by atoms with Crippen LogP contribution in [-0.4, -0.2) is 49.0 Å². The van der Waals surface area contributed by atoms with Crippen molar-refractivity contribution in [3.05, 3.63) is 87.9 Å². The molecule has 3 aromatic rings. The smallest absolute Gasteiger partial charge is 0.263 e. The molecule has 0 unspecified atom stereocenters. The van der Waals surface area contributed by atoms with Crippen molar-refractivity contribution in [2.75, 3.05) is 27.2 Å². The maximum Gasteiger partial charge on any atom is 0.263 e. The lowest BCUT2D eigenvalue weighted by Gasteiger charge is -2.40. The second-order valence-corrected chi connectivity index (χ2v) is 9.67. The predicted octanol–water partition coefficient (Wildman–Crippen LogP) is 5.49. The summed E-state index contributed by atoms with van der Waals surface area (Å²) in [5, 5.41) is 1.92. The van der Waals surface area contributed by atoms with Gasteiger partial charge >= 0.3 is 0 Å². The van der Waals surface area contributed by atoms with Gasteiger partial charge in [0, 0.05) is 19.6 Å². The Kier molecular flexibility index (Phi) is 7.78. The molecule has 1 amide bonds. The first-order valence-corrected chi connectivity index (χ1v) is 12.3. The van der Waals surface area contributed by atoms with Crippen LogP contribution in [0.25, 0.3) is 0 Å². The molecule has 2 aromatic carbocycles. The Balaban J connectivity index is 1.45. The number of ether oxygens (including phenoxy) is 1. The molecule has 1 fully saturated rings. The van der Waals surface area contributed by atoms with Crippen LogP contribution in [0.2, 0.25) is 0 Å². The third-order valence-corrected chi connectivity index (χ3v) is 7.54. The summed E-state index contributed by atoms with van der Waals surface area (Å²) in [5.74, 6) is 1.01. The summed E-state index contributed by atoms with van der Waals surface area (Å²) >= 11 is 1.45. The summed E-state index contributed by atoms with van der Waals surface area (Å²) in [6, 6.07) is 18.9. The van der Waals surface area contributed by atoms with Crippen molar-refractivity contribution < 1.29 is 13.9 Å². The highest BCUT2D eigenvalue weighted by atomic mass is 32.1. The van der Waals surface area contributed by atoms with E-state index in [1.165, 1.54) is 23.0 Å². The summed E-state index contributed by atoms with van der Waals surface area (Å²) < 4.78 is 19.7. The highest BCUT2D eigenvalue weighted by Gasteiger charge is 2.32. The van der Waals surface area contributed by atoms with Crippen molar-refractivity contribution >= 4 is 17.2 Å². The zero-order valence-electron chi connectivity index (χ0n) is 19.2. The standard InChI is InChI=1S/C27H31FN2O2S/c1-29(27(31)26-8-5-17-33-26)25(18-22-6-3-4-7-24(22)28)21-13-15-30(16-14-21)19-20-9-11-23(32-2)12-10-20/h3-12,17,21,25H,13-16,18-19H2,1-2H3/t25-/m0/s1. The van der Waals surface area contributed by atoms with E-state index in [1.54, 1.807) is 13.2 Å². The van der Waals surface area contributed by atoms with E-state index in [1.807, 2.05) is 53.7 Å². The van der Waals surface area contributed by atoms with Crippen molar-refractivity contribution in [1.82, 2.24) is 9.80 Å². The highest BCUT2D eigenvalue weighted by molar-refractivity contribution is 7.12. The molecule has 2 heterocycles. The fourth-order valence-corrected chi connectivity index (χ4v) is 5.42. The molecule has 0 saturated carbocycles. The quantitative estimate of drug-likeness (QED) is 0.440. The highest BCUT2D eigenvalue weighted by Crippen LogP contribution is 2.29. The number of thiophene rings is 1. The van der Waals surface area contributed by atoms with Crippen LogP contribution in [0.1, 0.15) is 33.6 Å². The molecule has 0 aliphatic carbocycles.